The minimum absolute atomic E-state index is 0.0428. The van der Waals surface area contributed by atoms with Gasteiger partial charge in [0.15, 0.2) is 0 Å². The number of urea groups is 1. The van der Waals surface area contributed by atoms with Crippen molar-refractivity contribution < 1.29 is 23.9 Å². The number of carbonyl (C=O) groups is 3. The summed E-state index contributed by atoms with van der Waals surface area (Å²) in [6, 6.07) is 6.09. The quantitative estimate of drug-likeness (QED) is 0.603. The molecule has 9 nitrogen and oxygen atoms in total. The molecule has 1 unspecified atom stereocenters. The van der Waals surface area contributed by atoms with Gasteiger partial charge in [-0.3, -0.25) is 14.6 Å². The summed E-state index contributed by atoms with van der Waals surface area (Å²) in [5.74, 6) is -0.533. The third kappa shape index (κ3) is 5.85. The Morgan fingerprint density at radius 2 is 1.94 bits per heavy atom. The van der Waals surface area contributed by atoms with Crippen molar-refractivity contribution in [1.82, 2.24) is 20.0 Å². The molecule has 1 aromatic carbocycles. The lowest BCUT2D eigenvalue weighted by Gasteiger charge is -2.36. The molecule has 1 aromatic rings. The van der Waals surface area contributed by atoms with Crippen molar-refractivity contribution in [2.24, 2.45) is 0 Å². The maximum absolute atomic E-state index is 13.1. The zero-order valence-corrected chi connectivity index (χ0v) is 20.1. The summed E-state index contributed by atoms with van der Waals surface area (Å²) in [4.78, 5) is 43.6. The highest BCUT2D eigenvalue weighted by atomic mass is 35.5. The third-order valence-corrected chi connectivity index (χ3v) is 6.22. The lowest BCUT2D eigenvalue weighted by Crippen LogP contribution is -2.49. The van der Waals surface area contributed by atoms with E-state index >= 15 is 0 Å². The molecule has 2 aliphatic heterocycles. The molecule has 1 fully saturated rings. The summed E-state index contributed by atoms with van der Waals surface area (Å²) in [6.45, 7) is 4.90. The van der Waals surface area contributed by atoms with Crippen molar-refractivity contribution in [3.05, 3.63) is 46.1 Å². The van der Waals surface area contributed by atoms with Crippen LogP contribution in [0.25, 0.3) is 0 Å². The number of ether oxygens (including phenoxy) is 2. The van der Waals surface area contributed by atoms with Crippen LogP contribution in [0.1, 0.15) is 24.9 Å². The molecule has 2 heterocycles. The number of hydrogen-bond acceptors (Lipinski definition) is 6. The summed E-state index contributed by atoms with van der Waals surface area (Å²) in [5, 5.41) is 3.34. The van der Waals surface area contributed by atoms with Crippen molar-refractivity contribution in [2.75, 3.05) is 60.1 Å². The first-order valence-corrected chi connectivity index (χ1v) is 11.4. The zero-order chi connectivity index (χ0) is 24.0. The number of likely N-dealkylation sites (N-methyl/N-ethyl adjacent to an activating group) is 1. The molecular formula is C23H31ClN4O5. The number of methoxy groups -OCH3 is 1. The predicted octanol–water partition coefficient (Wildman–Crippen LogP) is 2.03. The summed E-state index contributed by atoms with van der Waals surface area (Å²) in [6.07, 6.45) is 0.779. The Bertz CT molecular complexity index is 922. The van der Waals surface area contributed by atoms with Crippen molar-refractivity contribution in [1.29, 1.82) is 0 Å². The number of halogens is 1. The normalized spacial score (nSPS) is 19.9. The average Bonchev–Trinajstić information content (AvgIpc) is 3.03. The van der Waals surface area contributed by atoms with Crippen LogP contribution in [-0.4, -0.2) is 92.7 Å². The molecular weight excluding hydrogens is 448 g/mol. The van der Waals surface area contributed by atoms with Gasteiger partial charge in [0.05, 0.1) is 18.2 Å². The minimum Gasteiger partial charge on any atom is -0.463 e. The van der Waals surface area contributed by atoms with E-state index in [9.17, 15) is 14.4 Å². The van der Waals surface area contributed by atoms with Crippen molar-refractivity contribution >= 4 is 29.5 Å². The van der Waals surface area contributed by atoms with Crippen LogP contribution >= 0.6 is 11.6 Å². The third-order valence-electron chi connectivity index (χ3n) is 5.87. The molecule has 0 aliphatic carbocycles. The topological polar surface area (TPSA) is 91.4 Å². The van der Waals surface area contributed by atoms with Gasteiger partial charge in [-0.15, -0.1) is 0 Å². The lowest BCUT2D eigenvalue weighted by atomic mass is 9.94. The Morgan fingerprint density at radius 3 is 2.64 bits per heavy atom. The first-order valence-electron chi connectivity index (χ1n) is 11.0. The zero-order valence-electron chi connectivity index (χ0n) is 19.3. The van der Waals surface area contributed by atoms with Crippen LogP contribution in [-0.2, 0) is 19.1 Å². The van der Waals surface area contributed by atoms with E-state index in [0.717, 1.165) is 13.0 Å². The smallest absolute Gasteiger partial charge is 0.338 e. The Labute approximate surface area is 199 Å². The Morgan fingerprint density at radius 1 is 1.18 bits per heavy atom. The molecule has 0 saturated carbocycles. The molecule has 3 rings (SSSR count). The number of amides is 3. The van der Waals surface area contributed by atoms with Crippen molar-refractivity contribution in [3.8, 4) is 0 Å². The van der Waals surface area contributed by atoms with E-state index in [2.05, 4.69) is 10.2 Å². The molecule has 2 aliphatic rings. The number of nitrogens with one attached hydrogen (secondary N) is 1. The van der Waals surface area contributed by atoms with Gasteiger partial charge in [-0.25, -0.2) is 9.59 Å². The van der Waals surface area contributed by atoms with E-state index in [4.69, 9.17) is 21.1 Å². The van der Waals surface area contributed by atoms with E-state index < -0.39 is 12.0 Å². The van der Waals surface area contributed by atoms with E-state index in [-0.39, 0.29) is 25.2 Å². The highest BCUT2D eigenvalue weighted by Gasteiger charge is 2.38. The van der Waals surface area contributed by atoms with Crippen LogP contribution in [0.2, 0.25) is 5.02 Å². The Balaban J connectivity index is 1.93. The monoisotopic (exact) mass is 478 g/mol. The van der Waals surface area contributed by atoms with Gasteiger partial charge < -0.3 is 19.7 Å². The fourth-order valence-electron chi connectivity index (χ4n) is 4.15. The maximum Gasteiger partial charge on any atom is 0.338 e. The van der Waals surface area contributed by atoms with Gasteiger partial charge in [0.25, 0.3) is 0 Å². The predicted molar refractivity (Wildman–Crippen MR) is 124 cm³/mol. The summed E-state index contributed by atoms with van der Waals surface area (Å²) >= 11 is 6.42. The molecule has 1 atom stereocenters. The SMILES string of the molecule is CCOC(=O)C1=C(CN2CCCN(C(=O)COC)CC2)N(C)C(=O)NC1c1ccccc1Cl. The van der Waals surface area contributed by atoms with Crippen LogP contribution in [0, 0.1) is 0 Å². The highest BCUT2D eigenvalue weighted by Crippen LogP contribution is 2.34. The second kappa shape index (κ2) is 11.5. The van der Waals surface area contributed by atoms with E-state index in [1.165, 1.54) is 12.0 Å². The van der Waals surface area contributed by atoms with E-state index in [0.29, 0.717) is 48.0 Å². The van der Waals surface area contributed by atoms with Gasteiger partial charge in [-0.2, -0.15) is 0 Å². The van der Waals surface area contributed by atoms with Crippen LogP contribution in [0.15, 0.2) is 35.5 Å². The molecule has 0 aromatic heterocycles. The average molecular weight is 479 g/mol. The number of esters is 1. The Kier molecular flexibility index (Phi) is 8.71. The van der Waals surface area contributed by atoms with Gasteiger partial charge in [0.2, 0.25) is 5.91 Å². The molecule has 1 saturated heterocycles. The summed E-state index contributed by atoms with van der Waals surface area (Å²) < 4.78 is 10.3. The molecule has 1 N–H and O–H groups in total. The second-order valence-corrected chi connectivity index (χ2v) is 8.39. The lowest BCUT2D eigenvalue weighted by molar-refractivity contribution is -0.139. The van der Waals surface area contributed by atoms with Crippen molar-refractivity contribution in [3.63, 3.8) is 0 Å². The second-order valence-electron chi connectivity index (χ2n) is 7.99. The Hall–Kier alpha value is -2.62. The first-order chi connectivity index (χ1) is 15.9. The largest absolute Gasteiger partial charge is 0.463 e. The van der Waals surface area contributed by atoms with Crippen LogP contribution in [0.3, 0.4) is 0 Å². The highest BCUT2D eigenvalue weighted by molar-refractivity contribution is 6.31. The molecule has 3 amide bonds. The number of carbonyl (C=O) groups excluding carboxylic acids is 3. The van der Waals surface area contributed by atoms with Crippen LogP contribution < -0.4 is 5.32 Å². The number of rotatable bonds is 7. The van der Waals surface area contributed by atoms with Crippen LogP contribution in [0.4, 0.5) is 4.79 Å². The standard InChI is InChI=1S/C23H31ClN4O5/c1-4-33-22(30)20-18(14-27-10-7-11-28(13-12-27)19(29)15-32-3)26(2)23(31)25-21(20)16-8-5-6-9-17(16)24/h5-6,8-9,21H,4,7,10-15H2,1-3H3,(H,25,31). The molecule has 0 spiro atoms. The number of benzene rings is 1. The van der Waals surface area contributed by atoms with Gasteiger partial charge in [0, 0.05) is 57.6 Å². The van der Waals surface area contributed by atoms with Crippen LogP contribution in [0.5, 0.6) is 0 Å². The van der Waals surface area contributed by atoms with Gasteiger partial charge in [-0.1, -0.05) is 29.8 Å². The van der Waals surface area contributed by atoms with E-state index in [1.54, 1.807) is 37.1 Å². The van der Waals surface area contributed by atoms with Crippen molar-refractivity contribution in [2.45, 2.75) is 19.4 Å². The molecule has 0 radical (unpaired) electrons. The minimum atomic E-state index is -0.719. The van der Waals surface area contributed by atoms with Gasteiger partial charge in [-0.05, 0) is 25.0 Å². The first kappa shape index (κ1) is 25.0. The molecule has 33 heavy (non-hydrogen) atoms. The van der Waals surface area contributed by atoms with Gasteiger partial charge in [0.1, 0.15) is 6.61 Å². The van der Waals surface area contributed by atoms with E-state index in [1.807, 2.05) is 6.07 Å². The number of nitrogens with zero attached hydrogens (tertiary/aromatic N) is 3. The molecule has 0 bridgehead atoms. The summed E-state index contributed by atoms with van der Waals surface area (Å²) in [5.41, 5.74) is 1.57. The number of hydrogen-bond donors (Lipinski definition) is 1. The molecule has 180 valence electrons. The fraction of sp³-hybridized carbons (Fsp3) is 0.522. The maximum atomic E-state index is 13.1. The molecule has 10 heteroatoms. The summed E-state index contributed by atoms with van der Waals surface area (Å²) in [7, 11) is 3.14. The fourth-order valence-corrected chi connectivity index (χ4v) is 4.39. The van der Waals surface area contributed by atoms with Gasteiger partial charge >= 0.3 is 12.0 Å².